The zero-order valence-corrected chi connectivity index (χ0v) is 20.9. The van der Waals surface area contributed by atoms with Crippen LogP contribution in [0.4, 0.5) is 19.0 Å². The first-order valence-electron chi connectivity index (χ1n) is 12.8. The molecule has 0 radical (unpaired) electrons. The molecule has 8 nitrogen and oxygen atoms in total. The van der Waals surface area contributed by atoms with Crippen molar-refractivity contribution in [1.29, 1.82) is 0 Å². The van der Waals surface area contributed by atoms with Gasteiger partial charge in [0, 0.05) is 12.6 Å². The van der Waals surface area contributed by atoms with Crippen molar-refractivity contribution >= 4 is 23.0 Å². The van der Waals surface area contributed by atoms with Crippen LogP contribution < -0.4 is 10.6 Å². The van der Waals surface area contributed by atoms with E-state index in [0.29, 0.717) is 28.5 Å². The van der Waals surface area contributed by atoms with Gasteiger partial charge in [0.2, 0.25) is 5.82 Å². The Bertz CT molecular complexity index is 1260. The summed E-state index contributed by atoms with van der Waals surface area (Å²) in [6.45, 7) is 3.22. The predicted molar refractivity (Wildman–Crippen MR) is 132 cm³/mol. The van der Waals surface area contributed by atoms with E-state index in [0.717, 1.165) is 56.6 Å². The molecule has 1 saturated heterocycles. The van der Waals surface area contributed by atoms with Crippen LogP contribution in [0.3, 0.4) is 0 Å². The van der Waals surface area contributed by atoms with Gasteiger partial charge in [-0.3, -0.25) is 0 Å². The van der Waals surface area contributed by atoms with Crippen LogP contribution >= 0.6 is 0 Å². The van der Waals surface area contributed by atoms with Crippen molar-refractivity contribution in [3.05, 3.63) is 47.0 Å². The van der Waals surface area contributed by atoms with E-state index < -0.39 is 17.7 Å². The summed E-state index contributed by atoms with van der Waals surface area (Å²) < 4.78 is 46.2. The quantitative estimate of drug-likeness (QED) is 0.422. The van der Waals surface area contributed by atoms with Crippen molar-refractivity contribution in [1.82, 2.24) is 24.8 Å². The summed E-state index contributed by atoms with van der Waals surface area (Å²) in [4.78, 5) is 26.2. The molecule has 37 heavy (non-hydrogen) atoms. The SMILES string of the molecule is COC(=O)c1nc(N[C@H](C)C2CCC2)c2c(n1)nc(C1CCCCN1)n2Cc1ccc(C(F)(F)F)cc1. The molecule has 1 saturated carbocycles. The first kappa shape index (κ1) is 25.4. The van der Waals surface area contributed by atoms with E-state index in [9.17, 15) is 18.0 Å². The van der Waals surface area contributed by atoms with E-state index in [1.165, 1.54) is 25.7 Å². The minimum Gasteiger partial charge on any atom is -0.463 e. The van der Waals surface area contributed by atoms with Crippen LogP contribution in [0.1, 0.15) is 79.1 Å². The smallest absolute Gasteiger partial charge is 0.416 e. The molecule has 0 amide bonds. The molecule has 3 heterocycles. The van der Waals surface area contributed by atoms with Crippen molar-refractivity contribution in [3.8, 4) is 0 Å². The maximum Gasteiger partial charge on any atom is 0.416 e. The number of methoxy groups -OCH3 is 1. The molecule has 5 rings (SSSR count). The molecule has 2 fully saturated rings. The molecule has 2 aliphatic rings. The van der Waals surface area contributed by atoms with Crippen molar-refractivity contribution in [2.45, 2.75) is 70.3 Å². The Hall–Kier alpha value is -3.21. The van der Waals surface area contributed by atoms with Gasteiger partial charge in [-0.2, -0.15) is 13.2 Å². The van der Waals surface area contributed by atoms with Crippen LogP contribution in [0.2, 0.25) is 0 Å². The second-order valence-corrected chi connectivity index (χ2v) is 9.94. The van der Waals surface area contributed by atoms with E-state index in [2.05, 4.69) is 27.5 Å². The van der Waals surface area contributed by atoms with Crippen LogP contribution in [0, 0.1) is 5.92 Å². The van der Waals surface area contributed by atoms with Gasteiger partial charge in [-0.25, -0.2) is 19.7 Å². The highest BCUT2D eigenvalue weighted by molar-refractivity contribution is 5.91. The number of nitrogens with zero attached hydrogens (tertiary/aromatic N) is 4. The third kappa shape index (κ3) is 5.27. The zero-order chi connectivity index (χ0) is 26.2. The van der Waals surface area contributed by atoms with Crippen LogP contribution in [-0.4, -0.2) is 45.2 Å². The van der Waals surface area contributed by atoms with Crippen molar-refractivity contribution in [2.24, 2.45) is 5.92 Å². The molecular formula is C26H31F3N6O2. The number of alkyl halides is 3. The third-order valence-electron chi connectivity index (χ3n) is 7.47. The number of hydrogen-bond donors (Lipinski definition) is 2. The van der Waals surface area contributed by atoms with Gasteiger partial charge in [0.1, 0.15) is 11.3 Å². The Morgan fingerprint density at radius 2 is 1.89 bits per heavy atom. The molecule has 1 aromatic carbocycles. The van der Waals surface area contributed by atoms with Gasteiger partial charge in [-0.15, -0.1) is 0 Å². The molecule has 0 spiro atoms. The zero-order valence-electron chi connectivity index (χ0n) is 20.9. The molecule has 3 aromatic rings. The van der Waals surface area contributed by atoms with Crippen LogP contribution in [-0.2, 0) is 17.5 Å². The molecule has 2 N–H and O–H groups in total. The number of imidazole rings is 1. The van der Waals surface area contributed by atoms with Gasteiger partial charge in [0.15, 0.2) is 11.5 Å². The number of carbonyl (C=O) groups is 1. The Balaban J connectivity index is 1.62. The number of esters is 1. The van der Waals surface area contributed by atoms with Gasteiger partial charge < -0.3 is 19.9 Å². The average Bonchev–Trinajstić information content (AvgIpc) is 3.21. The number of ether oxygens (including phenoxy) is 1. The third-order valence-corrected chi connectivity index (χ3v) is 7.47. The highest BCUT2D eigenvalue weighted by Crippen LogP contribution is 2.34. The molecular weight excluding hydrogens is 485 g/mol. The number of halogens is 3. The second-order valence-electron chi connectivity index (χ2n) is 9.94. The normalized spacial score (nSPS) is 19.4. The molecule has 2 aromatic heterocycles. The fourth-order valence-corrected chi connectivity index (χ4v) is 5.09. The Kier molecular flexibility index (Phi) is 7.06. The van der Waals surface area contributed by atoms with E-state index in [1.54, 1.807) is 0 Å². The Morgan fingerprint density at radius 3 is 2.49 bits per heavy atom. The fourth-order valence-electron chi connectivity index (χ4n) is 5.09. The number of fused-ring (bicyclic) bond motifs is 1. The first-order chi connectivity index (χ1) is 17.7. The summed E-state index contributed by atoms with van der Waals surface area (Å²) >= 11 is 0. The van der Waals surface area contributed by atoms with Crippen molar-refractivity contribution in [3.63, 3.8) is 0 Å². The summed E-state index contributed by atoms with van der Waals surface area (Å²) in [7, 11) is 1.28. The molecule has 198 valence electrons. The summed E-state index contributed by atoms with van der Waals surface area (Å²) in [6.07, 6.45) is 1.99. The van der Waals surface area contributed by atoms with E-state index in [-0.39, 0.29) is 24.5 Å². The number of nitrogens with one attached hydrogen (secondary N) is 2. The van der Waals surface area contributed by atoms with Crippen LogP contribution in [0.25, 0.3) is 11.2 Å². The summed E-state index contributed by atoms with van der Waals surface area (Å²) in [5, 5.41) is 6.99. The van der Waals surface area contributed by atoms with Gasteiger partial charge in [0.25, 0.3) is 0 Å². The largest absolute Gasteiger partial charge is 0.463 e. The lowest BCUT2D eigenvalue weighted by Gasteiger charge is -2.32. The molecule has 1 aliphatic carbocycles. The maximum absolute atomic E-state index is 13.1. The number of aromatic nitrogens is 4. The van der Waals surface area contributed by atoms with E-state index in [4.69, 9.17) is 9.72 Å². The van der Waals surface area contributed by atoms with E-state index >= 15 is 0 Å². The van der Waals surface area contributed by atoms with Gasteiger partial charge in [-0.05, 0) is 62.8 Å². The summed E-state index contributed by atoms with van der Waals surface area (Å²) in [5.74, 6) is 0.963. The van der Waals surface area contributed by atoms with Crippen LogP contribution in [0.15, 0.2) is 24.3 Å². The van der Waals surface area contributed by atoms with Gasteiger partial charge in [-0.1, -0.05) is 25.0 Å². The minimum atomic E-state index is -4.40. The number of piperidine rings is 1. The highest BCUT2D eigenvalue weighted by atomic mass is 19.4. The lowest BCUT2D eigenvalue weighted by atomic mass is 9.80. The number of rotatable bonds is 7. The molecule has 1 unspecified atom stereocenters. The lowest BCUT2D eigenvalue weighted by molar-refractivity contribution is -0.137. The summed E-state index contributed by atoms with van der Waals surface area (Å²) in [6, 6.07) is 5.23. The molecule has 2 atom stereocenters. The highest BCUT2D eigenvalue weighted by Gasteiger charge is 2.31. The topological polar surface area (TPSA) is 94.0 Å². The fraction of sp³-hybridized carbons (Fsp3) is 0.538. The van der Waals surface area contributed by atoms with Gasteiger partial charge >= 0.3 is 12.1 Å². The lowest BCUT2D eigenvalue weighted by Crippen LogP contribution is -2.32. The Morgan fingerprint density at radius 1 is 1.14 bits per heavy atom. The number of carbonyl (C=O) groups excluding carboxylic acids is 1. The van der Waals surface area contributed by atoms with Crippen molar-refractivity contribution < 1.29 is 22.7 Å². The van der Waals surface area contributed by atoms with E-state index in [1.807, 2.05) is 4.57 Å². The summed E-state index contributed by atoms with van der Waals surface area (Å²) in [5.41, 5.74) is 0.983. The number of benzene rings is 1. The predicted octanol–water partition coefficient (Wildman–Crippen LogP) is 5.10. The monoisotopic (exact) mass is 516 g/mol. The van der Waals surface area contributed by atoms with Crippen molar-refractivity contribution in [2.75, 3.05) is 19.0 Å². The minimum absolute atomic E-state index is 0.0455. The maximum atomic E-state index is 13.1. The molecule has 0 bridgehead atoms. The molecule has 11 heteroatoms. The first-order valence-corrected chi connectivity index (χ1v) is 12.8. The average molecular weight is 517 g/mol. The van der Waals surface area contributed by atoms with Crippen LogP contribution in [0.5, 0.6) is 0 Å². The number of anilines is 1. The number of hydrogen-bond acceptors (Lipinski definition) is 7. The standard InChI is InChI=1S/C26H31F3N6O2/c1-15(17-6-5-7-17)31-21-20-22(33-23(32-21)25(36)37-2)34-24(19-8-3-4-13-30-19)35(20)14-16-9-11-18(12-10-16)26(27,28)29/h9-12,15,17,19,30H,3-8,13-14H2,1-2H3,(H,31,32,33)/t15-,19?/m1/s1. The second kappa shape index (κ2) is 10.3. The Labute approximate surface area is 213 Å². The van der Waals surface area contributed by atoms with Gasteiger partial charge in [0.05, 0.1) is 18.7 Å². The molecule has 1 aliphatic heterocycles.